The van der Waals surface area contributed by atoms with Gasteiger partial charge in [0, 0.05) is 24.9 Å². The summed E-state index contributed by atoms with van der Waals surface area (Å²) in [5.41, 5.74) is 1.52. The van der Waals surface area contributed by atoms with E-state index in [0.717, 1.165) is 23.3 Å². The average Bonchev–Trinajstić information content (AvgIpc) is 2.63. The maximum atomic E-state index is 14.8. The lowest BCUT2D eigenvalue weighted by Crippen LogP contribution is -2.25. The molecular formula is C23H19F2NO. The second-order valence-electron chi connectivity index (χ2n) is 7.00. The zero-order valence-electron chi connectivity index (χ0n) is 15.4. The number of nitrogens with zero attached hydrogens (tertiary/aromatic N) is 1. The molecule has 0 atom stereocenters. The monoisotopic (exact) mass is 363 g/mol. The molecule has 4 rings (SSSR count). The van der Waals surface area contributed by atoms with E-state index in [-0.39, 0.29) is 11.1 Å². The molecule has 3 aromatic carbocycles. The first kappa shape index (κ1) is 17.4. The van der Waals surface area contributed by atoms with Crippen molar-refractivity contribution in [3.63, 3.8) is 0 Å². The van der Waals surface area contributed by atoms with Crippen LogP contribution >= 0.6 is 0 Å². The summed E-state index contributed by atoms with van der Waals surface area (Å²) in [6.45, 7) is 2.83. The lowest BCUT2D eigenvalue weighted by molar-refractivity contribution is 0.0195. The Hall–Kier alpha value is -3.01. The van der Waals surface area contributed by atoms with Crippen molar-refractivity contribution in [3.8, 4) is 11.1 Å². The predicted molar refractivity (Wildman–Crippen MR) is 106 cm³/mol. The first-order chi connectivity index (χ1) is 12.8. The van der Waals surface area contributed by atoms with Gasteiger partial charge in [0.05, 0.1) is 11.1 Å². The molecule has 0 spiro atoms. The Balaban J connectivity index is 2.27. The Morgan fingerprint density at radius 3 is 2.22 bits per heavy atom. The third-order valence-electron chi connectivity index (χ3n) is 5.15. The van der Waals surface area contributed by atoms with Gasteiger partial charge in [-0.05, 0) is 34.9 Å². The zero-order chi connectivity index (χ0) is 19.3. The summed E-state index contributed by atoms with van der Waals surface area (Å²) in [5, 5.41) is 2.15. The Morgan fingerprint density at radius 2 is 1.48 bits per heavy atom. The lowest BCUT2D eigenvalue weighted by atomic mass is 9.90. The van der Waals surface area contributed by atoms with Gasteiger partial charge in [-0.3, -0.25) is 4.79 Å². The smallest absolute Gasteiger partial charge is 0.271 e. The number of alkyl halides is 2. The van der Waals surface area contributed by atoms with Crippen molar-refractivity contribution in [1.82, 2.24) is 4.57 Å². The van der Waals surface area contributed by atoms with E-state index >= 15 is 0 Å². The van der Waals surface area contributed by atoms with Gasteiger partial charge in [0.15, 0.2) is 0 Å². The summed E-state index contributed by atoms with van der Waals surface area (Å²) in [4.78, 5) is 13.2. The summed E-state index contributed by atoms with van der Waals surface area (Å²) in [6.07, 6.45) is 0. The van der Waals surface area contributed by atoms with E-state index in [1.54, 1.807) is 37.4 Å². The summed E-state index contributed by atoms with van der Waals surface area (Å²) < 4.78 is 31.0. The number of pyridine rings is 1. The maximum Gasteiger partial charge on any atom is 0.271 e. The standard InChI is InChI=1S/C23H19F2NO/c1-14-8-6-11-16-15(14)10-7-12-17(16)20-21(23(2,24)25)18-9-4-5-13-19(18)26(3)22(20)27/h4-13H,1-3H3. The minimum atomic E-state index is -3.16. The number of benzene rings is 3. The number of aromatic nitrogens is 1. The summed E-state index contributed by atoms with van der Waals surface area (Å²) in [6, 6.07) is 18.1. The fraction of sp³-hybridized carbons (Fsp3) is 0.174. The molecule has 0 aliphatic heterocycles. The van der Waals surface area contributed by atoms with Crippen LogP contribution in [-0.2, 0) is 13.0 Å². The molecule has 0 unspecified atom stereocenters. The van der Waals surface area contributed by atoms with Crippen LogP contribution in [0.5, 0.6) is 0 Å². The third kappa shape index (κ3) is 2.64. The molecule has 4 heteroatoms. The van der Waals surface area contributed by atoms with E-state index in [9.17, 15) is 13.6 Å². The molecule has 0 saturated carbocycles. The first-order valence-corrected chi connectivity index (χ1v) is 8.79. The number of hydrogen-bond acceptors (Lipinski definition) is 1. The third-order valence-corrected chi connectivity index (χ3v) is 5.15. The van der Waals surface area contributed by atoms with Gasteiger partial charge in [-0.1, -0.05) is 54.6 Å². The highest BCUT2D eigenvalue weighted by Gasteiger charge is 2.33. The van der Waals surface area contributed by atoms with E-state index in [0.29, 0.717) is 16.5 Å². The molecule has 0 N–H and O–H groups in total. The van der Waals surface area contributed by atoms with Gasteiger partial charge in [-0.15, -0.1) is 0 Å². The first-order valence-electron chi connectivity index (χ1n) is 8.79. The van der Waals surface area contributed by atoms with Crippen molar-refractivity contribution in [2.75, 3.05) is 0 Å². The van der Waals surface area contributed by atoms with Crippen LogP contribution in [0.15, 0.2) is 65.5 Å². The number of rotatable bonds is 2. The molecule has 0 radical (unpaired) electrons. The van der Waals surface area contributed by atoms with Gasteiger partial charge in [-0.25, -0.2) is 8.78 Å². The quantitative estimate of drug-likeness (QED) is 0.442. The zero-order valence-corrected chi connectivity index (χ0v) is 15.4. The second kappa shape index (κ2) is 6.02. The molecular weight excluding hydrogens is 344 g/mol. The fourth-order valence-electron chi connectivity index (χ4n) is 3.89. The molecule has 0 aliphatic carbocycles. The fourth-order valence-corrected chi connectivity index (χ4v) is 3.89. The molecule has 1 aromatic heterocycles. The number of hydrogen-bond donors (Lipinski definition) is 0. The molecule has 0 fully saturated rings. The number of para-hydroxylation sites is 1. The van der Waals surface area contributed by atoms with Crippen LogP contribution in [0.25, 0.3) is 32.8 Å². The van der Waals surface area contributed by atoms with E-state index in [2.05, 4.69) is 0 Å². The highest BCUT2D eigenvalue weighted by atomic mass is 19.3. The van der Waals surface area contributed by atoms with Crippen LogP contribution in [0.3, 0.4) is 0 Å². The van der Waals surface area contributed by atoms with Crippen molar-refractivity contribution >= 4 is 21.7 Å². The second-order valence-corrected chi connectivity index (χ2v) is 7.00. The van der Waals surface area contributed by atoms with Crippen LogP contribution in [0.1, 0.15) is 18.1 Å². The van der Waals surface area contributed by atoms with Gasteiger partial charge in [0.25, 0.3) is 11.5 Å². The van der Waals surface area contributed by atoms with Crippen molar-refractivity contribution in [2.45, 2.75) is 19.8 Å². The molecule has 27 heavy (non-hydrogen) atoms. The van der Waals surface area contributed by atoms with Crippen molar-refractivity contribution in [3.05, 3.63) is 82.1 Å². The van der Waals surface area contributed by atoms with Gasteiger partial charge in [0.2, 0.25) is 0 Å². The highest BCUT2D eigenvalue weighted by molar-refractivity contribution is 6.01. The summed E-state index contributed by atoms with van der Waals surface area (Å²) in [7, 11) is 1.63. The van der Waals surface area contributed by atoms with E-state index < -0.39 is 11.5 Å². The molecule has 0 amide bonds. The Bertz CT molecular complexity index is 1250. The van der Waals surface area contributed by atoms with Crippen LogP contribution in [0, 0.1) is 6.92 Å². The van der Waals surface area contributed by atoms with Gasteiger partial charge in [-0.2, -0.15) is 0 Å². The Labute approximate surface area is 155 Å². The largest absolute Gasteiger partial charge is 0.311 e. The highest BCUT2D eigenvalue weighted by Crippen LogP contribution is 2.40. The maximum absolute atomic E-state index is 14.8. The number of aryl methyl sites for hydroxylation is 2. The molecule has 0 bridgehead atoms. The summed E-state index contributed by atoms with van der Waals surface area (Å²) >= 11 is 0. The predicted octanol–water partition coefficient (Wildman–Crippen LogP) is 5.78. The van der Waals surface area contributed by atoms with E-state index in [1.165, 1.54) is 4.57 Å². The molecule has 1 heterocycles. The number of fused-ring (bicyclic) bond motifs is 2. The molecule has 2 nitrogen and oxygen atoms in total. The van der Waals surface area contributed by atoms with Crippen LogP contribution < -0.4 is 5.56 Å². The minimum Gasteiger partial charge on any atom is -0.311 e. The molecule has 4 aromatic rings. The summed E-state index contributed by atoms with van der Waals surface area (Å²) in [5.74, 6) is -3.16. The molecule has 0 saturated heterocycles. The van der Waals surface area contributed by atoms with Gasteiger partial charge < -0.3 is 4.57 Å². The van der Waals surface area contributed by atoms with Gasteiger partial charge >= 0.3 is 0 Å². The Kier molecular flexibility index (Phi) is 3.88. The van der Waals surface area contributed by atoms with Crippen LogP contribution in [0.2, 0.25) is 0 Å². The van der Waals surface area contributed by atoms with Crippen LogP contribution in [0.4, 0.5) is 8.78 Å². The average molecular weight is 363 g/mol. The minimum absolute atomic E-state index is 0.0694. The van der Waals surface area contributed by atoms with E-state index in [1.807, 2.05) is 37.3 Å². The lowest BCUT2D eigenvalue weighted by Gasteiger charge is -2.21. The van der Waals surface area contributed by atoms with Crippen LogP contribution in [-0.4, -0.2) is 4.57 Å². The topological polar surface area (TPSA) is 22.0 Å². The van der Waals surface area contributed by atoms with Crippen molar-refractivity contribution in [2.24, 2.45) is 7.05 Å². The Morgan fingerprint density at radius 1 is 0.852 bits per heavy atom. The van der Waals surface area contributed by atoms with Crippen molar-refractivity contribution in [1.29, 1.82) is 0 Å². The number of halogens is 2. The van der Waals surface area contributed by atoms with Gasteiger partial charge in [0.1, 0.15) is 0 Å². The normalized spacial score (nSPS) is 12.0. The van der Waals surface area contributed by atoms with Crippen molar-refractivity contribution < 1.29 is 8.78 Å². The van der Waals surface area contributed by atoms with E-state index in [4.69, 9.17) is 0 Å². The molecule has 0 aliphatic rings. The molecule has 136 valence electrons. The SMILES string of the molecule is Cc1cccc2c(-c3c(C(C)(F)F)c4ccccc4n(C)c3=O)cccc12.